The molecule has 2 aromatic rings. The van der Waals surface area contributed by atoms with Gasteiger partial charge in [0.2, 0.25) is 0 Å². The summed E-state index contributed by atoms with van der Waals surface area (Å²) < 4.78 is 2.01. The van der Waals surface area contributed by atoms with Crippen LogP contribution in [0.3, 0.4) is 0 Å². The van der Waals surface area contributed by atoms with Crippen LogP contribution in [0.15, 0.2) is 27.5 Å². The summed E-state index contributed by atoms with van der Waals surface area (Å²) in [5.41, 5.74) is 1.01. The van der Waals surface area contributed by atoms with Crippen molar-refractivity contribution in [2.24, 2.45) is 0 Å². The van der Waals surface area contributed by atoms with Crippen molar-refractivity contribution in [1.82, 2.24) is 0 Å². The maximum Gasteiger partial charge on any atom is 0.191 e. The van der Waals surface area contributed by atoms with E-state index in [1.165, 1.54) is 0 Å². The minimum atomic E-state index is 0.151. The Balaban J connectivity index is 2.99. The fourth-order valence-electron chi connectivity index (χ4n) is 1.37. The molecule has 0 aliphatic rings. The lowest BCUT2D eigenvalue weighted by molar-refractivity contribution is 1.38. The van der Waals surface area contributed by atoms with E-state index in [0.717, 1.165) is 25.0 Å². The molecule has 1 nitrogen and oxygen atoms in total. The van der Waals surface area contributed by atoms with Crippen molar-refractivity contribution in [3.8, 4) is 0 Å². The number of hydrogen-bond donors (Lipinski definition) is 0. The number of aryl methyl sites for hydroxylation is 1. The minimum Gasteiger partial charge on any atom is -0.289 e. The van der Waals surface area contributed by atoms with Crippen LogP contribution in [-0.4, -0.2) is 0 Å². The molecule has 0 spiro atoms. The zero-order valence-corrected chi connectivity index (χ0v) is 10.3. The summed E-state index contributed by atoms with van der Waals surface area (Å²) >= 11 is 5.05. The van der Waals surface area contributed by atoms with Gasteiger partial charge in [0.05, 0.1) is 0 Å². The lowest BCUT2D eigenvalue weighted by Gasteiger charge is -2.01. The van der Waals surface area contributed by atoms with Crippen LogP contribution < -0.4 is 5.43 Å². The van der Waals surface area contributed by atoms with Gasteiger partial charge in [-0.2, -0.15) is 0 Å². The number of hydrogen-bond acceptors (Lipinski definition) is 2. The maximum atomic E-state index is 11.9. The Morgan fingerprint density at radius 1 is 1.29 bits per heavy atom. The van der Waals surface area contributed by atoms with Crippen molar-refractivity contribution < 1.29 is 0 Å². The maximum absolute atomic E-state index is 11.9. The van der Waals surface area contributed by atoms with Crippen molar-refractivity contribution in [1.29, 1.82) is 0 Å². The Morgan fingerprint density at radius 3 is 2.71 bits per heavy atom. The van der Waals surface area contributed by atoms with Gasteiger partial charge in [0.15, 0.2) is 5.43 Å². The highest BCUT2D eigenvalue weighted by atomic mass is 79.9. The molecule has 0 saturated carbocycles. The third kappa shape index (κ3) is 1.51. The number of halogens is 1. The van der Waals surface area contributed by atoms with Gasteiger partial charge in [-0.3, -0.25) is 4.79 Å². The first-order valence-electron chi connectivity index (χ1n) is 4.29. The molecule has 0 N–H and O–H groups in total. The third-order valence-electron chi connectivity index (χ3n) is 2.32. The Kier molecular flexibility index (Phi) is 2.45. The van der Waals surface area contributed by atoms with Gasteiger partial charge in [-0.15, -0.1) is 11.3 Å². The largest absolute Gasteiger partial charge is 0.289 e. The summed E-state index contributed by atoms with van der Waals surface area (Å²) in [6.07, 6.45) is 0. The molecule has 0 amide bonds. The lowest BCUT2D eigenvalue weighted by Crippen LogP contribution is -2.05. The van der Waals surface area contributed by atoms with Crippen LogP contribution in [-0.2, 0) is 0 Å². The van der Waals surface area contributed by atoms with Crippen LogP contribution >= 0.6 is 27.3 Å². The Hall–Kier alpha value is -0.670. The van der Waals surface area contributed by atoms with E-state index in [1.54, 1.807) is 11.3 Å². The molecule has 1 aromatic heterocycles. The van der Waals surface area contributed by atoms with Crippen LogP contribution in [0, 0.1) is 13.8 Å². The predicted octanol–water partition coefficient (Wildman–Crippen LogP) is 3.64. The molecule has 1 heterocycles. The van der Waals surface area contributed by atoms with E-state index in [0.29, 0.717) is 0 Å². The van der Waals surface area contributed by atoms with E-state index in [-0.39, 0.29) is 5.43 Å². The van der Waals surface area contributed by atoms with Gasteiger partial charge in [-0.05, 0) is 32.0 Å². The van der Waals surface area contributed by atoms with Gasteiger partial charge < -0.3 is 0 Å². The summed E-state index contributed by atoms with van der Waals surface area (Å²) in [4.78, 5) is 13.0. The van der Waals surface area contributed by atoms with Crippen molar-refractivity contribution in [2.45, 2.75) is 13.8 Å². The number of fused-ring (bicyclic) bond motifs is 1. The van der Waals surface area contributed by atoms with Crippen molar-refractivity contribution >= 4 is 37.4 Å². The van der Waals surface area contributed by atoms with Gasteiger partial charge in [-0.25, -0.2) is 0 Å². The van der Waals surface area contributed by atoms with Gasteiger partial charge in [0.25, 0.3) is 0 Å². The van der Waals surface area contributed by atoms with Crippen LogP contribution in [0.1, 0.15) is 10.4 Å². The van der Waals surface area contributed by atoms with Crippen LogP contribution in [0.4, 0.5) is 0 Å². The first kappa shape index (κ1) is 9.87. The zero-order chi connectivity index (χ0) is 10.3. The Bertz CT molecular complexity index is 557. The predicted molar refractivity (Wildman–Crippen MR) is 65.3 cm³/mol. The third-order valence-corrected chi connectivity index (χ3v) is 4.00. The molecule has 0 saturated heterocycles. The summed E-state index contributed by atoms with van der Waals surface area (Å²) in [5, 5.41) is 0.812. The lowest BCUT2D eigenvalue weighted by atomic mass is 10.2. The zero-order valence-electron chi connectivity index (χ0n) is 7.93. The number of rotatable bonds is 0. The van der Waals surface area contributed by atoms with Gasteiger partial charge in [-0.1, -0.05) is 15.9 Å². The van der Waals surface area contributed by atoms with Gasteiger partial charge in [0, 0.05) is 25.0 Å². The number of benzene rings is 1. The molecular weight excluding hydrogens is 260 g/mol. The van der Waals surface area contributed by atoms with Crippen LogP contribution in [0.5, 0.6) is 0 Å². The topological polar surface area (TPSA) is 17.1 Å². The summed E-state index contributed by atoms with van der Waals surface area (Å²) in [5.74, 6) is 0. The highest BCUT2D eigenvalue weighted by molar-refractivity contribution is 9.10. The first-order valence-corrected chi connectivity index (χ1v) is 5.90. The van der Waals surface area contributed by atoms with E-state index in [4.69, 9.17) is 0 Å². The monoisotopic (exact) mass is 268 g/mol. The molecule has 0 radical (unpaired) electrons. The van der Waals surface area contributed by atoms with Gasteiger partial charge in [0.1, 0.15) is 0 Å². The average molecular weight is 269 g/mol. The highest BCUT2D eigenvalue weighted by Crippen LogP contribution is 2.23. The molecular formula is C11H9BrOS. The second kappa shape index (κ2) is 3.48. The van der Waals surface area contributed by atoms with Crippen LogP contribution in [0.25, 0.3) is 10.1 Å². The van der Waals surface area contributed by atoms with Crippen molar-refractivity contribution in [3.63, 3.8) is 0 Å². The SMILES string of the molecule is Cc1sc2ccc(Br)cc2c(=O)c1C. The van der Waals surface area contributed by atoms with E-state index in [9.17, 15) is 4.79 Å². The first-order chi connectivity index (χ1) is 6.59. The second-order valence-corrected chi connectivity index (χ2v) is 5.42. The summed E-state index contributed by atoms with van der Waals surface area (Å²) in [7, 11) is 0. The van der Waals surface area contributed by atoms with E-state index in [1.807, 2.05) is 32.0 Å². The molecule has 0 unspecified atom stereocenters. The summed E-state index contributed by atoms with van der Waals surface area (Å²) in [6, 6.07) is 5.84. The molecule has 0 aliphatic carbocycles. The standard InChI is InChI=1S/C11H9BrOS/c1-6-7(2)14-10-4-3-8(12)5-9(10)11(6)13/h3-5H,1-2H3. The smallest absolute Gasteiger partial charge is 0.191 e. The fourth-order valence-corrected chi connectivity index (χ4v) is 2.71. The minimum absolute atomic E-state index is 0.151. The fraction of sp³-hybridized carbons (Fsp3) is 0.182. The quantitative estimate of drug-likeness (QED) is 0.713. The van der Waals surface area contributed by atoms with E-state index in [2.05, 4.69) is 15.9 Å². The molecule has 72 valence electrons. The average Bonchev–Trinajstić information content (AvgIpc) is 2.16. The van der Waals surface area contributed by atoms with Crippen molar-refractivity contribution in [2.75, 3.05) is 0 Å². The highest BCUT2D eigenvalue weighted by Gasteiger charge is 2.05. The molecule has 0 bridgehead atoms. The summed E-state index contributed by atoms with van der Waals surface area (Å²) in [6.45, 7) is 3.87. The normalized spacial score (nSPS) is 10.8. The molecule has 0 fully saturated rings. The molecule has 2 rings (SSSR count). The second-order valence-electron chi connectivity index (χ2n) is 3.25. The van der Waals surface area contributed by atoms with Gasteiger partial charge >= 0.3 is 0 Å². The Morgan fingerprint density at radius 2 is 2.00 bits per heavy atom. The molecule has 0 atom stereocenters. The van der Waals surface area contributed by atoms with Crippen molar-refractivity contribution in [3.05, 3.63) is 43.3 Å². The molecule has 14 heavy (non-hydrogen) atoms. The molecule has 0 aliphatic heterocycles. The van der Waals surface area contributed by atoms with Crippen LogP contribution in [0.2, 0.25) is 0 Å². The molecule has 1 aromatic carbocycles. The van der Waals surface area contributed by atoms with E-state index < -0.39 is 0 Å². The van der Waals surface area contributed by atoms with E-state index >= 15 is 0 Å². The molecule has 3 heteroatoms. The Labute approximate surface area is 94.5 Å².